The van der Waals surface area contributed by atoms with Gasteiger partial charge < -0.3 is 25.2 Å². The Balaban J connectivity index is 1.37. The van der Waals surface area contributed by atoms with E-state index in [1.54, 1.807) is 23.1 Å². The highest BCUT2D eigenvalue weighted by molar-refractivity contribution is 6.42. The third-order valence-corrected chi connectivity index (χ3v) is 9.95. The van der Waals surface area contributed by atoms with Gasteiger partial charge in [0.25, 0.3) is 0 Å². The topological polar surface area (TPSA) is 99.1 Å². The molecule has 7 atom stereocenters. The van der Waals surface area contributed by atoms with E-state index in [2.05, 4.69) is 5.32 Å². The lowest BCUT2D eigenvalue weighted by molar-refractivity contribution is -0.139. The Morgan fingerprint density at radius 1 is 1.07 bits per heavy atom. The first-order valence-electron chi connectivity index (χ1n) is 14.1. The van der Waals surface area contributed by atoms with Gasteiger partial charge in [0.1, 0.15) is 18.0 Å². The molecule has 7 unspecified atom stereocenters. The summed E-state index contributed by atoms with van der Waals surface area (Å²) in [6.07, 6.45) is 5.00. The standard InChI is InChI=1S/C31H34Cl2N2O5/c32-23-8-6-18(13-24(23)33)16-35(27(37)14-20-12-17-5-7-19(20)11-17)25-15-22(31(39)34-9-10-36)28-21-3-1-2-4-26(21)40-30(28)29(25)38/h1-4,6,8,13,15,17,19-20,25,28-30,36,38H,5,7,9-12,14,16H2,(H,34,39). The molecular weight excluding hydrogens is 551 g/mol. The van der Waals surface area contributed by atoms with Crippen LogP contribution in [0.5, 0.6) is 5.75 Å². The van der Waals surface area contributed by atoms with Gasteiger partial charge in [-0.25, -0.2) is 0 Å². The van der Waals surface area contributed by atoms with Crippen LogP contribution >= 0.6 is 23.2 Å². The van der Waals surface area contributed by atoms with Crippen molar-refractivity contribution in [2.24, 2.45) is 17.8 Å². The highest BCUT2D eigenvalue weighted by Gasteiger charge is 2.51. The van der Waals surface area contributed by atoms with Crippen LogP contribution in [0.3, 0.4) is 0 Å². The first-order chi connectivity index (χ1) is 19.3. The number of carbonyl (C=O) groups is 2. The van der Waals surface area contributed by atoms with E-state index >= 15 is 0 Å². The minimum Gasteiger partial charge on any atom is -0.486 e. The molecule has 2 amide bonds. The zero-order valence-corrected chi connectivity index (χ0v) is 23.7. The van der Waals surface area contributed by atoms with Crippen molar-refractivity contribution >= 4 is 35.0 Å². The third kappa shape index (κ3) is 5.13. The van der Waals surface area contributed by atoms with Gasteiger partial charge in [0, 0.05) is 30.6 Å². The van der Waals surface area contributed by atoms with Crippen LogP contribution in [0.4, 0.5) is 0 Å². The summed E-state index contributed by atoms with van der Waals surface area (Å²) in [5.41, 5.74) is 2.02. The Labute approximate surface area is 244 Å². The summed E-state index contributed by atoms with van der Waals surface area (Å²) < 4.78 is 6.23. The van der Waals surface area contributed by atoms with Crippen LogP contribution in [0.1, 0.15) is 49.1 Å². The Morgan fingerprint density at radius 2 is 1.90 bits per heavy atom. The predicted octanol–water partition coefficient (Wildman–Crippen LogP) is 4.47. The fraction of sp³-hybridized carbons (Fsp3) is 0.484. The molecule has 6 rings (SSSR count). The fourth-order valence-electron chi connectivity index (χ4n) is 7.35. The highest BCUT2D eigenvalue weighted by Crippen LogP contribution is 2.50. The molecule has 40 heavy (non-hydrogen) atoms. The lowest BCUT2D eigenvalue weighted by Gasteiger charge is -2.41. The van der Waals surface area contributed by atoms with Gasteiger partial charge in [-0.15, -0.1) is 0 Å². The lowest BCUT2D eigenvalue weighted by atomic mass is 9.77. The van der Waals surface area contributed by atoms with Crippen LogP contribution < -0.4 is 10.1 Å². The number of aliphatic hydroxyl groups is 2. The number of halogens is 2. The maximum absolute atomic E-state index is 14.1. The molecule has 7 nitrogen and oxygen atoms in total. The summed E-state index contributed by atoms with van der Waals surface area (Å²) in [4.78, 5) is 29.2. The Kier molecular flexibility index (Phi) is 7.83. The maximum Gasteiger partial charge on any atom is 0.247 e. The van der Waals surface area contributed by atoms with Crippen molar-refractivity contribution in [2.75, 3.05) is 13.2 Å². The average Bonchev–Trinajstić information content (AvgIpc) is 3.67. The number of nitrogens with zero attached hydrogens (tertiary/aromatic N) is 1. The normalized spacial score (nSPS) is 29.8. The quantitative estimate of drug-likeness (QED) is 0.425. The van der Waals surface area contributed by atoms with Crippen LogP contribution in [0.2, 0.25) is 10.0 Å². The van der Waals surface area contributed by atoms with E-state index in [1.807, 2.05) is 30.3 Å². The number of fused-ring (bicyclic) bond motifs is 5. The number of hydrogen-bond donors (Lipinski definition) is 3. The first kappa shape index (κ1) is 27.6. The molecule has 2 bridgehead atoms. The second-order valence-electron chi connectivity index (χ2n) is 11.6. The van der Waals surface area contributed by atoms with Gasteiger partial charge in [-0.2, -0.15) is 0 Å². The number of aliphatic hydroxyl groups excluding tert-OH is 2. The Hall–Kier alpha value is -2.58. The Morgan fingerprint density at radius 3 is 2.62 bits per heavy atom. The zero-order chi connectivity index (χ0) is 28.0. The zero-order valence-electron chi connectivity index (χ0n) is 22.1. The van der Waals surface area contributed by atoms with E-state index in [-0.39, 0.29) is 31.5 Å². The van der Waals surface area contributed by atoms with E-state index in [0.717, 1.165) is 17.5 Å². The summed E-state index contributed by atoms with van der Waals surface area (Å²) in [6.45, 7) is 0.0990. The second-order valence-corrected chi connectivity index (χ2v) is 12.4. The maximum atomic E-state index is 14.1. The number of ether oxygens (including phenoxy) is 1. The molecule has 212 valence electrons. The van der Waals surface area contributed by atoms with Crippen molar-refractivity contribution in [3.63, 3.8) is 0 Å². The van der Waals surface area contributed by atoms with Crippen molar-refractivity contribution in [3.05, 3.63) is 75.3 Å². The van der Waals surface area contributed by atoms with Gasteiger partial charge >= 0.3 is 0 Å². The molecule has 4 aliphatic rings. The number of rotatable bonds is 8. The molecule has 0 radical (unpaired) electrons. The van der Waals surface area contributed by atoms with E-state index in [0.29, 0.717) is 45.5 Å². The van der Waals surface area contributed by atoms with Gasteiger partial charge in [-0.3, -0.25) is 9.59 Å². The molecular formula is C31H34Cl2N2O5. The second kappa shape index (κ2) is 11.4. The fourth-order valence-corrected chi connectivity index (χ4v) is 7.67. The van der Waals surface area contributed by atoms with Gasteiger partial charge in [0.2, 0.25) is 11.8 Å². The first-order valence-corrected chi connectivity index (χ1v) is 14.9. The van der Waals surface area contributed by atoms with Crippen LogP contribution in [-0.2, 0) is 16.1 Å². The summed E-state index contributed by atoms with van der Waals surface area (Å²) >= 11 is 12.5. The minimum absolute atomic E-state index is 0.0620. The number of hydrogen-bond acceptors (Lipinski definition) is 5. The molecule has 1 heterocycles. The van der Waals surface area contributed by atoms with Gasteiger partial charge in [0.15, 0.2) is 0 Å². The largest absolute Gasteiger partial charge is 0.486 e. The van der Waals surface area contributed by atoms with Crippen molar-refractivity contribution in [1.29, 1.82) is 0 Å². The molecule has 2 aromatic carbocycles. The van der Waals surface area contributed by atoms with Crippen molar-refractivity contribution in [2.45, 2.75) is 62.8 Å². The van der Waals surface area contributed by atoms with Crippen LogP contribution in [-0.4, -0.2) is 58.3 Å². The molecule has 2 saturated carbocycles. The summed E-state index contributed by atoms with van der Waals surface area (Å²) in [6, 6.07) is 11.9. The number of para-hydroxylation sites is 1. The SMILES string of the molecule is O=C(NCCO)C1=CC(N(Cc2ccc(Cl)c(Cl)c2)C(=O)CC2CC3CCC2C3)C(O)C2Oc3ccccc3C12. The molecule has 0 saturated heterocycles. The molecule has 2 fully saturated rings. The van der Waals surface area contributed by atoms with Gasteiger partial charge in [-0.1, -0.05) is 53.9 Å². The molecule has 3 N–H and O–H groups in total. The van der Waals surface area contributed by atoms with Gasteiger partial charge in [-0.05, 0) is 66.9 Å². The monoisotopic (exact) mass is 584 g/mol. The lowest BCUT2D eigenvalue weighted by Crippen LogP contribution is -2.55. The molecule has 9 heteroatoms. The van der Waals surface area contributed by atoms with Crippen LogP contribution in [0.15, 0.2) is 54.1 Å². The molecule has 0 spiro atoms. The summed E-state index contributed by atoms with van der Waals surface area (Å²) in [7, 11) is 0. The Bertz CT molecular complexity index is 1330. The number of nitrogens with one attached hydrogen (secondary N) is 1. The molecule has 1 aliphatic heterocycles. The van der Waals surface area contributed by atoms with Gasteiger partial charge in [0.05, 0.1) is 28.6 Å². The van der Waals surface area contributed by atoms with E-state index in [1.165, 1.54) is 19.3 Å². The predicted molar refractivity (Wildman–Crippen MR) is 152 cm³/mol. The third-order valence-electron chi connectivity index (χ3n) is 9.22. The van der Waals surface area contributed by atoms with Crippen molar-refractivity contribution in [3.8, 4) is 5.75 Å². The smallest absolute Gasteiger partial charge is 0.247 e. The van der Waals surface area contributed by atoms with Crippen LogP contribution in [0, 0.1) is 17.8 Å². The average molecular weight is 586 g/mol. The molecule has 0 aromatic heterocycles. The number of benzene rings is 2. The van der Waals surface area contributed by atoms with Crippen molar-refractivity contribution in [1.82, 2.24) is 10.2 Å². The van der Waals surface area contributed by atoms with E-state index in [9.17, 15) is 19.8 Å². The number of carbonyl (C=O) groups excluding carboxylic acids is 2. The number of amides is 2. The molecule has 3 aliphatic carbocycles. The minimum atomic E-state index is -1.07. The van der Waals surface area contributed by atoms with Crippen LogP contribution in [0.25, 0.3) is 0 Å². The van der Waals surface area contributed by atoms with E-state index < -0.39 is 24.2 Å². The van der Waals surface area contributed by atoms with Crippen molar-refractivity contribution < 1.29 is 24.5 Å². The summed E-state index contributed by atoms with van der Waals surface area (Å²) in [5, 5.41) is 24.7. The van der Waals surface area contributed by atoms with E-state index in [4.69, 9.17) is 27.9 Å². The summed E-state index contributed by atoms with van der Waals surface area (Å²) in [5.74, 6) is 1.32. The highest BCUT2D eigenvalue weighted by atomic mass is 35.5. The molecule has 2 aromatic rings.